The van der Waals surface area contributed by atoms with Crippen LogP contribution in [0.4, 0.5) is 0 Å². The number of methoxy groups -OCH3 is 2. The van der Waals surface area contributed by atoms with Crippen molar-refractivity contribution in [3.63, 3.8) is 0 Å². The van der Waals surface area contributed by atoms with E-state index in [1.165, 1.54) is 25.7 Å². The maximum Gasteiger partial charge on any atom is 0.394 e. The molecule has 6 saturated heterocycles. The van der Waals surface area contributed by atoms with Gasteiger partial charge in [0.15, 0.2) is 0 Å². The summed E-state index contributed by atoms with van der Waals surface area (Å²) >= 11 is 0. The van der Waals surface area contributed by atoms with Crippen LogP contribution in [0.1, 0.15) is 75.7 Å². The zero-order chi connectivity index (χ0) is 37.9. The van der Waals surface area contributed by atoms with E-state index in [2.05, 4.69) is 33.6 Å². The van der Waals surface area contributed by atoms with Crippen LogP contribution in [-0.4, -0.2) is 105 Å². The van der Waals surface area contributed by atoms with Crippen LogP contribution in [0.15, 0.2) is 60.9 Å². The average Bonchev–Trinajstić information content (AvgIpc) is 3.19. The molecule has 8 heterocycles. The Morgan fingerprint density at radius 1 is 0.722 bits per heavy atom. The predicted octanol–water partition coefficient (Wildman–Crippen LogP) is 5.32. The predicted molar refractivity (Wildman–Crippen MR) is 208 cm³/mol. The molecule has 10 atom stereocenters. The second-order valence-electron chi connectivity index (χ2n) is 14.9. The molecule has 0 spiro atoms. The first-order valence-electron chi connectivity index (χ1n) is 18.8. The molecule has 296 valence electrons. The van der Waals surface area contributed by atoms with Gasteiger partial charge in [-0.15, -0.1) is 0 Å². The molecule has 6 N–H and O–H groups in total. The summed E-state index contributed by atoms with van der Waals surface area (Å²) in [7, 11) is -1.32. The van der Waals surface area contributed by atoms with E-state index in [1.807, 2.05) is 48.5 Å². The highest BCUT2D eigenvalue weighted by molar-refractivity contribution is 7.79. The fraction of sp³-hybridized carbons (Fsp3) is 0.550. The lowest BCUT2D eigenvalue weighted by Crippen LogP contribution is -2.55. The number of benzene rings is 2. The smallest absolute Gasteiger partial charge is 0.394 e. The fourth-order valence-electron chi connectivity index (χ4n) is 9.42. The third-order valence-corrected chi connectivity index (χ3v) is 12.3. The molecule has 0 radical (unpaired) electrons. The molecule has 2 aromatic carbocycles. The molecular weight excluding hydrogens is 713 g/mol. The van der Waals surface area contributed by atoms with Crippen molar-refractivity contribution in [1.82, 2.24) is 19.8 Å². The van der Waals surface area contributed by atoms with Crippen molar-refractivity contribution in [2.24, 2.45) is 23.7 Å². The van der Waals surface area contributed by atoms with Gasteiger partial charge in [0, 0.05) is 48.3 Å². The number of aliphatic hydroxyl groups is 2. The molecule has 54 heavy (non-hydrogen) atoms. The molecule has 6 aliphatic rings. The largest absolute Gasteiger partial charge is 0.497 e. The standard InChI is InChI=1S/2C20H26N2O2.H2O4S.H2O/c2*1-3-13-12-22-9-7-14(13)10-19(22)20(23)16-6-8-21-18-5-4-15(24-2)11-17(16)18;1-5(2,3)4;/h2*4-6,8,11,13-14,19-20,23H,3,7,9-10,12H2,1-2H3;(H2,1,2,3,4);1H2/t2*13-,14-,19-,20+;;/m00../s1. The van der Waals surface area contributed by atoms with Gasteiger partial charge in [0.1, 0.15) is 11.5 Å². The van der Waals surface area contributed by atoms with Crippen LogP contribution in [0.3, 0.4) is 0 Å². The van der Waals surface area contributed by atoms with Crippen molar-refractivity contribution in [2.45, 2.75) is 76.7 Å². The molecule has 2 aromatic heterocycles. The molecule has 6 fully saturated rings. The zero-order valence-electron chi connectivity index (χ0n) is 31.6. The Balaban J connectivity index is 0.000000182. The lowest BCUT2D eigenvalue weighted by atomic mass is 9.72. The van der Waals surface area contributed by atoms with Crippen LogP contribution in [0.25, 0.3) is 21.8 Å². The monoisotopic (exact) mass is 768 g/mol. The van der Waals surface area contributed by atoms with Crippen molar-refractivity contribution in [1.29, 1.82) is 0 Å². The molecule has 6 aliphatic heterocycles. The van der Waals surface area contributed by atoms with Crippen molar-refractivity contribution in [2.75, 3.05) is 40.4 Å². The van der Waals surface area contributed by atoms with Gasteiger partial charge in [0.2, 0.25) is 0 Å². The highest BCUT2D eigenvalue weighted by Crippen LogP contribution is 2.44. The maximum atomic E-state index is 11.2. The molecule has 4 aromatic rings. The zero-order valence-corrected chi connectivity index (χ0v) is 32.4. The van der Waals surface area contributed by atoms with Gasteiger partial charge in [-0.2, -0.15) is 8.42 Å². The first kappa shape index (κ1) is 41.7. The summed E-state index contributed by atoms with van der Waals surface area (Å²) in [6.45, 7) is 9.09. The van der Waals surface area contributed by atoms with Crippen LogP contribution >= 0.6 is 0 Å². The number of rotatable bonds is 8. The first-order chi connectivity index (χ1) is 25.4. The Bertz CT molecular complexity index is 1830. The number of fused-ring (bicyclic) bond motifs is 8. The third-order valence-electron chi connectivity index (χ3n) is 12.3. The normalized spacial score (nSPS) is 28.1. The Hall–Kier alpha value is -3.47. The van der Waals surface area contributed by atoms with E-state index < -0.39 is 22.6 Å². The number of hydrogen-bond acceptors (Lipinski definition) is 10. The van der Waals surface area contributed by atoms with Crippen LogP contribution < -0.4 is 9.47 Å². The number of nitrogens with zero attached hydrogens (tertiary/aromatic N) is 4. The molecule has 0 saturated carbocycles. The summed E-state index contributed by atoms with van der Waals surface area (Å²) in [6, 6.07) is 16.1. The van der Waals surface area contributed by atoms with E-state index in [1.54, 1.807) is 26.6 Å². The Morgan fingerprint density at radius 2 is 1.11 bits per heavy atom. The molecule has 10 rings (SSSR count). The fourth-order valence-corrected chi connectivity index (χ4v) is 9.42. The molecular formula is C40H56N4O9S. The molecule has 14 heteroatoms. The lowest BCUT2D eigenvalue weighted by molar-refractivity contribution is -0.0562. The van der Waals surface area contributed by atoms with E-state index in [0.29, 0.717) is 0 Å². The summed E-state index contributed by atoms with van der Waals surface area (Å²) in [5.41, 5.74) is 3.78. The van der Waals surface area contributed by atoms with Gasteiger partial charge < -0.3 is 25.2 Å². The topological polar surface area (TPSA) is 197 Å². The lowest BCUT2D eigenvalue weighted by Gasteiger charge is -2.51. The van der Waals surface area contributed by atoms with Crippen molar-refractivity contribution >= 4 is 32.2 Å². The Kier molecular flexibility index (Phi) is 13.9. The number of aromatic nitrogens is 2. The van der Waals surface area contributed by atoms with Crippen LogP contribution in [-0.2, 0) is 10.4 Å². The van der Waals surface area contributed by atoms with Crippen molar-refractivity contribution in [3.8, 4) is 11.5 Å². The minimum Gasteiger partial charge on any atom is -0.497 e. The minimum atomic E-state index is -4.67. The minimum absolute atomic E-state index is 0. The molecule has 0 amide bonds. The second-order valence-corrected chi connectivity index (χ2v) is 15.8. The van der Waals surface area contributed by atoms with Gasteiger partial charge in [0.25, 0.3) is 0 Å². The van der Waals surface area contributed by atoms with Gasteiger partial charge in [0.05, 0.1) is 37.5 Å². The van der Waals surface area contributed by atoms with Gasteiger partial charge in [-0.25, -0.2) is 0 Å². The van der Waals surface area contributed by atoms with Gasteiger partial charge in [-0.1, -0.05) is 26.7 Å². The van der Waals surface area contributed by atoms with E-state index in [0.717, 1.165) is 107 Å². The quantitative estimate of drug-likeness (QED) is 0.169. The highest BCUT2D eigenvalue weighted by Gasteiger charge is 2.44. The van der Waals surface area contributed by atoms with Crippen molar-refractivity contribution in [3.05, 3.63) is 72.1 Å². The number of hydrogen-bond donors (Lipinski definition) is 4. The van der Waals surface area contributed by atoms with E-state index in [4.69, 9.17) is 27.0 Å². The van der Waals surface area contributed by atoms with Crippen LogP contribution in [0.5, 0.6) is 11.5 Å². The van der Waals surface area contributed by atoms with Crippen LogP contribution in [0.2, 0.25) is 0 Å². The van der Waals surface area contributed by atoms with Crippen molar-refractivity contribution < 1.29 is 42.7 Å². The first-order valence-corrected chi connectivity index (χ1v) is 20.2. The summed E-state index contributed by atoms with van der Waals surface area (Å²) in [4.78, 5) is 13.9. The maximum absolute atomic E-state index is 11.2. The number of piperidine rings is 6. The summed E-state index contributed by atoms with van der Waals surface area (Å²) in [5, 5.41) is 24.4. The summed E-state index contributed by atoms with van der Waals surface area (Å²) < 4.78 is 42.3. The van der Waals surface area contributed by atoms with Gasteiger partial charge >= 0.3 is 10.4 Å². The molecule has 4 bridgehead atoms. The summed E-state index contributed by atoms with van der Waals surface area (Å²) in [6.07, 6.45) is 9.95. The highest BCUT2D eigenvalue weighted by atomic mass is 32.3. The second kappa shape index (κ2) is 18.0. The number of ether oxygens (including phenoxy) is 2. The average molecular weight is 769 g/mol. The molecule has 13 nitrogen and oxygen atoms in total. The van der Waals surface area contributed by atoms with E-state index in [-0.39, 0.29) is 17.6 Å². The van der Waals surface area contributed by atoms with Crippen LogP contribution in [0, 0.1) is 23.7 Å². The van der Waals surface area contributed by atoms with Gasteiger partial charge in [-0.05, 0) is 122 Å². The molecule has 0 aliphatic carbocycles. The summed E-state index contributed by atoms with van der Waals surface area (Å²) in [5.74, 6) is 4.75. The Morgan fingerprint density at radius 3 is 1.43 bits per heavy atom. The number of pyridine rings is 2. The Labute approximate surface area is 318 Å². The molecule has 2 unspecified atom stereocenters. The van der Waals surface area contributed by atoms with Gasteiger partial charge in [-0.3, -0.25) is 28.9 Å². The number of aliphatic hydroxyl groups excluding tert-OH is 2. The van der Waals surface area contributed by atoms with E-state index >= 15 is 0 Å². The third kappa shape index (κ3) is 9.31. The van der Waals surface area contributed by atoms with E-state index in [9.17, 15) is 10.2 Å². The SMILES string of the molecule is CC[C@H]1CN2CC[C@H]1C[C@H]2[C@H](O)c1ccnc2ccc(OC)cc12.CC[C@H]1CN2CC[C@H]1C[C@H]2[C@H](O)c1ccnc2ccc(OC)cc12.O.O=S(=O)(O)O.